The van der Waals surface area contributed by atoms with Crippen LogP contribution in [0, 0.1) is 10.1 Å². The molecule has 6 nitrogen and oxygen atoms in total. The van der Waals surface area contributed by atoms with Gasteiger partial charge in [-0.1, -0.05) is 11.6 Å². The minimum Gasteiger partial charge on any atom is -0.496 e. The fourth-order valence-electron chi connectivity index (χ4n) is 2.03. The molecule has 2 aromatic carbocycles. The molecule has 2 rings (SSSR count). The fraction of sp³-hybridized carbons (Fsp3) is 0.250. The number of hydrogen-bond acceptors (Lipinski definition) is 5. The van der Waals surface area contributed by atoms with E-state index in [0.29, 0.717) is 22.3 Å². The number of ether oxygens (including phenoxy) is 3. The molecule has 0 aliphatic rings. The number of rotatable bonds is 7. The van der Waals surface area contributed by atoms with E-state index in [2.05, 4.69) is 0 Å². The maximum atomic E-state index is 10.3. The van der Waals surface area contributed by atoms with Crippen LogP contribution in [0.3, 0.4) is 0 Å². The van der Waals surface area contributed by atoms with E-state index in [-0.39, 0.29) is 6.10 Å². The first kappa shape index (κ1) is 16.9. The van der Waals surface area contributed by atoms with Crippen LogP contribution in [0.25, 0.3) is 0 Å². The zero-order chi connectivity index (χ0) is 16.8. The van der Waals surface area contributed by atoms with E-state index in [1.165, 1.54) is 7.11 Å². The van der Waals surface area contributed by atoms with Crippen LogP contribution in [-0.4, -0.2) is 18.8 Å². The van der Waals surface area contributed by atoms with Gasteiger partial charge in [-0.25, -0.2) is 0 Å². The van der Waals surface area contributed by atoms with E-state index >= 15 is 0 Å². The van der Waals surface area contributed by atoms with Gasteiger partial charge in [0.15, 0.2) is 0 Å². The molecule has 0 heterocycles. The van der Waals surface area contributed by atoms with Crippen LogP contribution in [0.2, 0.25) is 5.02 Å². The second kappa shape index (κ2) is 7.69. The van der Waals surface area contributed by atoms with Gasteiger partial charge in [-0.05, 0) is 43.3 Å². The van der Waals surface area contributed by atoms with E-state index < -0.39 is 11.7 Å². The Morgan fingerprint density at radius 2 is 1.83 bits per heavy atom. The first-order valence-corrected chi connectivity index (χ1v) is 7.22. The van der Waals surface area contributed by atoms with Crippen molar-refractivity contribution in [2.75, 3.05) is 13.8 Å². The third-order valence-electron chi connectivity index (χ3n) is 3.11. The van der Waals surface area contributed by atoms with Gasteiger partial charge in [0.25, 0.3) is 0 Å². The number of halogens is 1. The molecule has 0 aliphatic carbocycles. The van der Waals surface area contributed by atoms with Gasteiger partial charge in [-0.2, -0.15) is 0 Å². The molecule has 0 spiro atoms. The second-order valence-corrected chi connectivity index (χ2v) is 5.16. The molecule has 2 aromatic rings. The molecule has 0 saturated heterocycles. The van der Waals surface area contributed by atoms with Gasteiger partial charge in [-0.15, -0.1) is 0 Å². The summed E-state index contributed by atoms with van der Waals surface area (Å²) in [4.78, 5) is 9.80. The molecule has 23 heavy (non-hydrogen) atoms. The molecule has 1 unspecified atom stereocenters. The molecule has 0 saturated carbocycles. The highest BCUT2D eigenvalue weighted by molar-refractivity contribution is 6.30. The molecule has 0 radical (unpaired) electrons. The Morgan fingerprint density at radius 1 is 1.17 bits per heavy atom. The van der Waals surface area contributed by atoms with Gasteiger partial charge in [0.05, 0.1) is 12.0 Å². The van der Waals surface area contributed by atoms with Crippen molar-refractivity contribution in [2.45, 2.75) is 13.0 Å². The topological polar surface area (TPSA) is 70.8 Å². The monoisotopic (exact) mass is 337 g/mol. The number of nitrogens with zero attached hydrogens (tertiary/aromatic N) is 1. The Hall–Kier alpha value is -2.47. The molecule has 1 atom stereocenters. The van der Waals surface area contributed by atoms with E-state index in [1.54, 1.807) is 42.5 Å². The lowest BCUT2D eigenvalue weighted by atomic mass is 10.1. The Morgan fingerprint density at radius 3 is 2.43 bits per heavy atom. The first-order valence-electron chi connectivity index (χ1n) is 6.84. The molecular formula is C16H16ClNO5. The minimum atomic E-state index is -0.598. The third kappa shape index (κ3) is 4.75. The maximum absolute atomic E-state index is 10.3. The summed E-state index contributed by atoms with van der Waals surface area (Å²) in [5.74, 6) is 1.57. The molecule has 7 heteroatoms. The predicted molar refractivity (Wildman–Crippen MR) is 86.0 cm³/mol. The lowest BCUT2D eigenvalue weighted by Gasteiger charge is -2.18. The van der Waals surface area contributed by atoms with Gasteiger partial charge in [0, 0.05) is 16.7 Å². The van der Waals surface area contributed by atoms with E-state index in [0.717, 1.165) is 5.56 Å². The highest BCUT2D eigenvalue weighted by atomic mass is 35.5. The highest BCUT2D eigenvalue weighted by Crippen LogP contribution is 2.32. The molecule has 0 aliphatic heterocycles. The van der Waals surface area contributed by atoms with Crippen LogP contribution >= 0.6 is 11.6 Å². The summed E-state index contributed by atoms with van der Waals surface area (Å²) in [6.07, 6.45) is -0.282. The van der Waals surface area contributed by atoms with Gasteiger partial charge in [0.1, 0.15) is 23.4 Å². The largest absolute Gasteiger partial charge is 0.496 e. The third-order valence-corrected chi connectivity index (χ3v) is 3.36. The average molecular weight is 338 g/mol. The van der Waals surface area contributed by atoms with E-state index in [1.807, 2.05) is 6.92 Å². The van der Waals surface area contributed by atoms with Crippen LogP contribution in [0.1, 0.15) is 18.6 Å². The predicted octanol–water partition coefficient (Wildman–Crippen LogP) is 4.10. The van der Waals surface area contributed by atoms with Crippen molar-refractivity contribution in [3.05, 3.63) is 63.2 Å². The van der Waals surface area contributed by atoms with Crippen molar-refractivity contribution in [1.29, 1.82) is 0 Å². The standard InChI is InChI=1S/C16H16ClNO5/c1-11(23-13-5-3-12(17)4-6-13)15-8-7-14(9-16(15)21-2)22-10-18(19)20/h3-9,11H,10H2,1-2H3. The van der Waals surface area contributed by atoms with Gasteiger partial charge >= 0.3 is 6.73 Å². The van der Waals surface area contributed by atoms with E-state index in [4.69, 9.17) is 25.8 Å². The molecule has 0 amide bonds. The first-order chi connectivity index (χ1) is 11.0. The molecule has 0 N–H and O–H groups in total. The summed E-state index contributed by atoms with van der Waals surface area (Å²) < 4.78 is 16.2. The fourth-order valence-corrected chi connectivity index (χ4v) is 2.15. The van der Waals surface area contributed by atoms with Crippen molar-refractivity contribution in [1.82, 2.24) is 0 Å². The van der Waals surface area contributed by atoms with Crippen LogP contribution in [0.4, 0.5) is 0 Å². The number of benzene rings is 2. The molecule has 0 aromatic heterocycles. The lowest BCUT2D eigenvalue weighted by molar-refractivity contribution is -0.514. The van der Waals surface area contributed by atoms with Crippen LogP contribution in [-0.2, 0) is 0 Å². The van der Waals surface area contributed by atoms with Crippen molar-refractivity contribution in [3.63, 3.8) is 0 Å². The maximum Gasteiger partial charge on any atom is 0.344 e. The van der Waals surface area contributed by atoms with Crippen molar-refractivity contribution >= 4 is 11.6 Å². The Labute approximate surface area is 138 Å². The normalized spacial score (nSPS) is 11.6. The number of methoxy groups -OCH3 is 1. The molecule has 122 valence electrons. The summed E-state index contributed by atoms with van der Waals surface area (Å²) in [7, 11) is 1.52. The zero-order valence-corrected chi connectivity index (χ0v) is 13.4. The summed E-state index contributed by atoms with van der Waals surface area (Å²) in [5, 5.41) is 11.0. The zero-order valence-electron chi connectivity index (χ0n) is 12.7. The Kier molecular flexibility index (Phi) is 5.65. The smallest absolute Gasteiger partial charge is 0.344 e. The van der Waals surface area contributed by atoms with Crippen molar-refractivity contribution in [3.8, 4) is 17.2 Å². The number of nitro groups is 1. The van der Waals surface area contributed by atoms with E-state index in [9.17, 15) is 10.1 Å². The molecular weight excluding hydrogens is 322 g/mol. The molecule has 0 fully saturated rings. The average Bonchev–Trinajstić information content (AvgIpc) is 2.54. The van der Waals surface area contributed by atoms with Crippen molar-refractivity contribution in [2.24, 2.45) is 0 Å². The van der Waals surface area contributed by atoms with Gasteiger partial charge < -0.3 is 14.2 Å². The summed E-state index contributed by atoms with van der Waals surface area (Å²) >= 11 is 5.84. The second-order valence-electron chi connectivity index (χ2n) is 4.72. The summed E-state index contributed by atoms with van der Waals surface area (Å²) in [5.41, 5.74) is 0.802. The molecule has 0 bridgehead atoms. The Bertz CT molecular complexity index is 675. The van der Waals surface area contributed by atoms with Crippen molar-refractivity contribution < 1.29 is 19.1 Å². The van der Waals surface area contributed by atoms with Crippen LogP contribution < -0.4 is 14.2 Å². The SMILES string of the molecule is COc1cc(OC[N+](=O)[O-])ccc1C(C)Oc1ccc(Cl)cc1. The van der Waals surface area contributed by atoms with Crippen LogP contribution in [0.5, 0.6) is 17.2 Å². The van der Waals surface area contributed by atoms with Gasteiger partial charge in [-0.3, -0.25) is 10.1 Å². The Balaban J connectivity index is 2.13. The quantitative estimate of drug-likeness (QED) is 0.432. The lowest BCUT2D eigenvalue weighted by Crippen LogP contribution is -2.09. The highest BCUT2D eigenvalue weighted by Gasteiger charge is 2.15. The van der Waals surface area contributed by atoms with Crippen LogP contribution in [0.15, 0.2) is 42.5 Å². The number of hydrogen-bond donors (Lipinski definition) is 0. The minimum absolute atomic E-state index is 0.282. The summed E-state index contributed by atoms with van der Waals surface area (Å²) in [6, 6.07) is 12.0. The summed E-state index contributed by atoms with van der Waals surface area (Å²) in [6.45, 7) is 1.28. The van der Waals surface area contributed by atoms with Gasteiger partial charge in [0.2, 0.25) is 0 Å².